The van der Waals surface area contributed by atoms with Gasteiger partial charge in [-0.3, -0.25) is 4.79 Å². The number of nitrogens with one attached hydrogen (secondary N) is 1. The van der Waals surface area contributed by atoms with Gasteiger partial charge in [0.15, 0.2) is 0 Å². The Balaban J connectivity index is 3.66. The fraction of sp³-hybridized carbons (Fsp3) is 0.917. The fourth-order valence-electron chi connectivity index (χ4n) is 1.11. The molecular weight excluding hydrogens is 204 g/mol. The van der Waals surface area contributed by atoms with Gasteiger partial charge in [0.2, 0.25) is 5.91 Å². The highest BCUT2D eigenvalue weighted by Crippen LogP contribution is 2.16. The molecular formula is C12H26N2O2. The van der Waals surface area contributed by atoms with Crippen LogP contribution in [-0.4, -0.2) is 31.2 Å². The van der Waals surface area contributed by atoms with E-state index in [1.807, 2.05) is 34.6 Å². The zero-order chi connectivity index (χ0) is 12.8. The standard InChI is InChI=1S/C12H26N2O2/c1-9(2)16-8-6-7-14-11(15)10(13)12(3,4)5/h9-10H,6-8,13H2,1-5H3,(H,14,15)/t10-/m1/s1. The third-order valence-electron chi connectivity index (χ3n) is 2.29. The Morgan fingerprint density at radius 2 is 1.94 bits per heavy atom. The SMILES string of the molecule is CC(C)OCCCNC(=O)[C@@H](N)C(C)(C)C. The monoisotopic (exact) mass is 230 g/mol. The van der Waals surface area contributed by atoms with Gasteiger partial charge in [0, 0.05) is 13.2 Å². The normalized spacial score (nSPS) is 13.9. The molecule has 0 saturated heterocycles. The summed E-state index contributed by atoms with van der Waals surface area (Å²) in [6, 6.07) is -0.460. The van der Waals surface area contributed by atoms with E-state index in [9.17, 15) is 4.79 Å². The molecule has 0 aliphatic heterocycles. The molecule has 0 bridgehead atoms. The van der Waals surface area contributed by atoms with Crippen LogP contribution in [0.3, 0.4) is 0 Å². The zero-order valence-electron chi connectivity index (χ0n) is 11.2. The molecule has 0 heterocycles. The maximum atomic E-state index is 11.6. The van der Waals surface area contributed by atoms with Crippen LogP contribution in [0.15, 0.2) is 0 Å². The lowest BCUT2D eigenvalue weighted by Gasteiger charge is -2.25. The molecule has 0 radical (unpaired) electrons. The van der Waals surface area contributed by atoms with E-state index < -0.39 is 6.04 Å². The van der Waals surface area contributed by atoms with Crippen molar-refractivity contribution in [3.63, 3.8) is 0 Å². The molecule has 4 heteroatoms. The van der Waals surface area contributed by atoms with E-state index in [4.69, 9.17) is 10.5 Å². The summed E-state index contributed by atoms with van der Waals surface area (Å²) < 4.78 is 5.37. The molecule has 0 unspecified atom stereocenters. The molecule has 0 aromatic heterocycles. The maximum Gasteiger partial charge on any atom is 0.237 e. The predicted octanol–water partition coefficient (Wildman–Crippen LogP) is 1.29. The molecule has 0 spiro atoms. The molecule has 0 rings (SSSR count). The third kappa shape index (κ3) is 6.80. The number of hydrogen-bond donors (Lipinski definition) is 2. The minimum Gasteiger partial charge on any atom is -0.379 e. The van der Waals surface area contributed by atoms with Crippen LogP contribution < -0.4 is 11.1 Å². The van der Waals surface area contributed by atoms with Gasteiger partial charge in [0.1, 0.15) is 0 Å². The number of amides is 1. The Bertz CT molecular complexity index is 210. The molecule has 3 N–H and O–H groups in total. The lowest BCUT2D eigenvalue weighted by atomic mass is 9.87. The number of hydrogen-bond acceptors (Lipinski definition) is 3. The van der Waals surface area contributed by atoms with Crippen molar-refractivity contribution in [2.75, 3.05) is 13.2 Å². The van der Waals surface area contributed by atoms with E-state index >= 15 is 0 Å². The van der Waals surface area contributed by atoms with Gasteiger partial charge >= 0.3 is 0 Å². The fourth-order valence-corrected chi connectivity index (χ4v) is 1.11. The van der Waals surface area contributed by atoms with E-state index in [2.05, 4.69) is 5.32 Å². The first-order chi connectivity index (χ1) is 7.25. The first-order valence-electron chi connectivity index (χ1n) is 5.90. The number of nitrogens with two attached hydrogens (primary N) is 1. The quantitative estimate of drug-likeness (QED) is 0.676. The minimum atomic E-state index is -0.460. The number of rotatable bonds is 6. The van der Waals surface area contributed by atoms with Gasteiger partial charge in [-0.05, 0) is 25.7 Å². The second-order valence-corrected chi connectivity index (χ2v) is 5.41. The summed E-state index contributed by atoms with van der Waals surface area (Å²) in [5.41, 5.74) is 5.62. The van der Waals surface area contributed by atoms with Crippen LogP contribution in [0.25, 0.3) is 0 Å². The molecule has 96 valence electrons. The van der Waals surface area contributed by atoms with Crippen LogP contribution in [-0.2, 0) is 9.53 Å². The van der Waals surface area contributed by atoms with Gasteiger partial charge in [-0.2, -0.15) is 0 Å². The largest absolute Gasteiger partial charge is 0.379 e. The Morgan fingerprint density at radius 3 is 2.38 bits per heavy atom. The summed E-state index contributed by atoms with van der Waals surface area (Å²) >= 11 is 0. The van der Waals surface area contributed by atoms with Crippen LogP contribution >= 0.6 is 0 Å². The van der Waals surface area contributed by atoms with E-state index in [0.717, 1.165) is 6.42 Å². The summed E-state index contributed by atoms with van der Waals surface area (Å²) in [5.74, 6) is -0.0861. The Kier molecular flexibility index (Phi) is 6.60. The molecule has 0 aromatic carbocycles. The lowest BCUT2D eigenvalue weighted by Crippen LogP contribution is -2.48. The third-order valence-corrected chi connectivity index (χ3v) is 2.29. The predicted molar refractivity (Wildman–Crippen MR) is 66.1 cm³/mol. The van der Waals surface area contributed by atoms with Gasteiger partial charge < -0.3 is 15.8 Å². The van der Waals surface area contributed by atoms with Crippen molar-refractivity contribution in [3.05, 3.63) is 0 Å². The van der Waals surface area contributed by atoms with Gasteiger partial charge in [-0.25, -0.2) is 0 Å². The smallest absolute Gasteiger partial charge is 0.237 e. The van der Waals surface area contributed by atoms with Crippen molar-refractivity contribution in [2.24, 2.45) is 11.1 Å². The summed E-state index contributed by atoms with van der Waals surface area (Å²) in [6.07, 6.45) is 1.06. The van der Waals surface area contributed by atoms with Crippen molar-refractivity contribution in [2.45, 2.75) is 53.2 Å². The van der Waals surface area contributed by atoms with Gasteiger partial charge in [0.25, 0.3) is 0 Å². The molecule has 1 atom stereocenters. The molecule has 0 fully saturated rings. The summed E-state index contributed by atoms with van der Waals surface area (Å²) in [6.45, 7) is 11.2. The van der Waals surface area contributed by atoms with Crippen molar-refractivity contribution >= 4 is 5.91 Å². The average molecular weight is 230 g/mol. The van der Waals surface area contributed by atoms with Crippen LogP contribution in [0, 0.1) is 5.41 Å². The molecule has 0 aliphatic rings. The maximum absolute atomic E-state index is 11.6. The Labute approximate surface area is 98.9 Å². The van der Waals surface area contributed by atoms with Gasteiger partial charge in [0.05, 0.1) is 12.1 Å². The number of carbonyl (C=O) groups excluding carboxylic acids is 1. The molecule has 0 saturated carbocycles. The first kappa shape index (κ1) is 15.4. The highest BCUT2D eigenvalue weighted by atomic mass is 16.5. The van der Waals surface area contributed by atoms with Crippen molar-refractivity contribution in [1.29, 1.82) is 0 Å². The van der Waals surface area contributed by atoms with Gasteiger partial charge in [-0.1, -0.05) is 20.8 Å². The molecule has 16 heavy (non-hydrogen) atoms. The van der Waals surface area contributed by atoms with Crippen molar-refractivity contribution < 1.29 is 9.53 Å². The number of ether oxygens (including phenoxy) is 1. The van der Waals surface area contributed by atoms with E-state index in [-0.39, 0.29) is 17.4 Å². The van der Waals surface area contributed by atoms with Crippen LogP contribution in [0.5, 0.6) is 0 Å². The van der Waals surface area contributed by atoms with Crippen LogP contribution in [0.4, 0.5) is 0 Å². The van der Waals surface area contributed by atoms with Crippen LogP contribution in [0.1, 0.15) is 41.0 Å². The number of carbonyl (C=O) groups is 1. The van der Waals surface area contributed by atoms with E-state index in [1.54, 1.807) is 0 Å². The highest BCUT2D eigenvalue weighted by Gasteiger charge is 2.26. The average Bonchev–Trinajstić information content (AvgIpc) is 2.13. The highest BCUT2D eigenvalue weighted by molar-refractivity contribution is 5.82. The summed E-state index contributed by atoms with van der Waals surface area (Å²) in [7, 11) is 0. The van der Waals surface area contributed by atoms with Crippen molar-refractivity contribution in [1.82, 2.24) is 5.32 Å². The lowest BCUT2D eigenvalue weighted by molar-refractivity contribution is -0.124. The Morgan fingerprint density at radius 1 is 1.38 bits per heavy atom. The minimum absolute atomic E-state index is 0.0861. The summed E-state index contributed by atoms with van der Waals surface area (Å²) in [5, 5.41) is 2.82. The molecule has 1 amide bonds. The van der Waals surface area contributed by atoms with E-state index in [1.165, 1.54) is 0 Å². The van der Waals surface area contributed by atoms with Gasteiger partial charge in [-0.15, -0.1) is 0 Å². The Hall–Kier alpha value is -0.610. The second-order valence-electron chi connectivity index (χ2n) is 5.41. The molecule has 0 aromatic rings. The molecule has 4 nitrogen and oxygen atoms in total. The van der Waals surface area contributed by atoms with E-state index in [0.29, 0.717) is 13.2 Å². The first-order valence-corrected chi connectivity index (χ1v) is 5.90. The van der Waals surface area contributed by atoms with Crippen LogP contribution in [0.2, 0.25) is 0 Å². The van der Waals surface area contributed by atoms with Crippen molar-refractivity contribution in [3.8, 4) is 0 Å². The second kappa shape index (κ2) is 6.86. The summed E-state index contributed by atoms with van der Waals surface area (Å²) in [4.78, 5) is 11.6. The topological polar surface area (TPSA) is 64.3 Å². The molecule has 0 aliphatic carbocycles. The zero-order valence-corrected chi connectivity index (χ0v) is 11.2.